The fourth-order valence-electron chi connectivity index (χ4n) is 2.66. The summed E-state index contributed by atoms with van der Waals surface area (Å²) in [6, 6.07) is 1.73. The zero-order chi connectivity index (χ0) is 17.0. The van der Waals surface area contributed by atoms with Crippen molar-refractivity contribution in [2.45, 2.75) is 38.9 Å². The highest BCUT2D eigenvalue weighted by atomic mass is 35.5. The number of aliphatic hydroxyl groups is 1. The number of pyridine rings is 1. The van der Waals surface area contributed by atoms with E-state index in [0.717, 1.165) is 11.3 Å². The minimum absolute atomic E-state index is 0.178. The molecule has 0 radical (unpaired) electrons. The van der Waals surface area contributed by atoms with Crippen LogP contribution in [0.4, 0.5) is 4.79 Å². The van der Waals surface area contributed by atoms with Gasteiger partial charge in [-0.25, -0.2) is 9.78 Å². The number of carbonyl (C=O) groups excluding carboxylic acids is 1. The standard InChI is InChI=1S/C16H20ClN3O3/c1-10-18-6-13-12(17)5-11(7-20(10)13)16(22)8-19(9-16)14(21)23-15(2,3)4/h5-7,22H,8-9H2,1-4H3. The highest BCUT2D eigenvalue weighted by molar-refractivity contribution is 6.33. The molecule has 1 aliphatic heterocycles. The van der Waals surface area contributed by atoms with Crippen LogP contribution in [0.5, 0.6) is 0 Å². The van der Waals surface area contributed by atoms with Gasteiger partial charge in [-0.1, -0.05) is 11.6 Å². The molecule has 1 amide bonds. The van der Waals surface area contributed by atoms with Crippen molar-refractivity contribution in [3.8, 4) is 0 Å². The van der Waals surface area contributed by atoms with Gasteiger partial charge in [-0.05, 0) is 33.8 Å². The molecule has 3 heterocycles. The number of rotatable bonds is 1. The van der Waals surface area contributed by atoms with E-state index >= 15 is 0 Å². The Hall–Kier alpha value is -1.79. The number of nitrogens with zero attached hydrogens (tertiary/aromatic N) is 3. The molecule has 1 fully saturated rings. The predicted octanol–water partition coefficient (Wildman–Crippen LogP) is 2.73. The molecule has 1 N–H and O–H groups in total. The van der Waals surface area contributed by atoms with Crippen molar-refractivity contribution in [2.24, 2.45) is 0 Å². The Labute approximate surface area is 139 Å². The third-order valence-electron chi connectivity index (χ3n) is 3.87. The highest BCUT2D eigenvalue weighted by Gasteiger charge is 2.46. The quantitative estimate of drug-likeness (QED) is 0.868. The number of ether oxygens (including phenoxy) is 1. The first-order valence-electron chi connectivity index (χ1n) is 7.43. The molecular formula is C16H20ClN3O3. The van der Waals surface area contributed by atoms with Crippen LogP contribution >= 0.6 is 11.6 Å². The Morgan fingerprint density at radius 1 is 1.43 bits per heavy atom. The van der Waals surface area contributed by atoms with Crippen LogP contribution in [0.2, 0.25) is 5.02 Å². The number of likely N-dealkylation sites (tertiary alicyclic amines) is 1. The first-order chi connectivity index (χ1) is 10.6. The molecule has 0 unspecified atom stereocenters. The average molecular weight is 338 g/mol. The van der Waals surface area contributed by atoms with Gasteiger partial charge in [0.1, 0.15) is 17.0 Å². The summed E-state index contributed by atoms with van der Waals surface area (Å²) in [6.45, 7) is 7.66. The molecule has 7 heteroatoms. The number of imidazole rings is 1. The summed E-state index contributed by atoms with van der Waals surface area (Å²) in [7, 11) is 0. The maximum absolute atomic E-state index is 12.0. The highest BCUT2D eigenvalue weighted by Crippen LogP contribution is 2.35. The van der Waals surface area contributed by atoms with Gasteiger partial charge < -0.3 is 19.1 Å². The third kappa shape index (κ3) is 2.88. The van der Waals surface area contributed by atoms with Crippen molar-refractivity contribution in [2.75, 3.05) is 13.1 Å². The zero-order valence-electron chi connectivity index (χ0n) is 13.6. The number of carbonyl (C=O) groups is 1. The van der Waals surface area contributed by atoms with Gasteiger partial charge in [0.05, 0.1) is 29.8 Å². The summed E-state index contributed by atoms with van der Waals surface area (Å²) >= 11 is 6.27. The SMILES string of the molecule is Cc1ncc2c(Cl)cc(C3(O)CN(C(=O)OC(C)(C)C)C3)cn12. The molecule has 0 spiro atoms. The van der Waals surface area contributed by atoms with E-state index in [2.05, 4.69) is 4.98 Å². The molecule has 23 heavy (non-hydrogen) atoms. The smallest absolute Gasteiger partial charge is 0.410 e. The summed E-state index contributed by atoms with van der Waals surface area (Å²) in [5.74, 6) is 0.788. The summed E-state index contributed by atoms with van der Waals surface area (Å²) in [5, 5.41) is 11.3. The molecule has 0 bridgehead atoms. The second kappa shape index (κ2) is 5.11. The van der Waals surface area contributed by atoms with Gasteiger partial charge in [-0.3, -0.25) is 0 Å². The van der Waals surface area contributed by atoms with E-state index in [1.54, 1.807) is 12.3 Å². The monoisotopic (exact) mass is 337 g/mol. The van der Waals surface area contributed by atoms with Crippen LogP contribution in [-0.2, 0) is 10.3 Å². The molecule has 2 aromatic heterocycles. The minimum atomic E-state index is -1.12. The lowest BCUT2D eigenvalue weighted by Crippen LogP contribution is -2.62. The van der Waals surface area contributed by atoms with Crippen molar-refractivity contribution in [1.29, 1.82) is 0 Å². The Balaban J connectivity index is 1.81. The van der Waals surface area contributed by atoms with Crippen LogP contribution in [0.25, 0.3) is 5.52 Å². The van der Waals surface area contributed by atoms with Crippen molar-refractivity contribution >= 4 is 23.2 Å². The van der Waals surface area contributed by atoms with E-state index in [9.17, 15) is 9.90 Å². The van der Waals surface area contributed by atoms with Gasteiger partial charge in [-0.2, -0.15) is 0 Å². The molecule has 0 aliphatic carbocycles. The van der Waals surface area contributed by atoms with Crippen LogP contribution in [0, 0.1) is 6.92 Å². The Kier molecular flexibility index (Phi) is 3.57. The second-order valence-corrected chi connectivity index (χ2v) is 7.41. The molecule has 124 valence electrons. The first-order valence-corrected chi connectivity index (χ1v) is 7.81. The lowest BCUT2D eigenvalue weighted by Gasteiger charge is -2.46. The topological polar surface area (TPSA) is 67.1 Å². The molecule has 1 aliphatic rings. The Morgan fingerprint density at radius 3 is 2.70 bits per heavy atom. The molecular weight excluding hydrogens is 318 g/mol. The van der Waals surface area contributed by atoms with E-state index < -0.39 is 17.3 Å². The number of hydrogen-bond donors (Lipinski definition) is 1. The number of hydrogen-bond acceptors (Lipinski definition) is 4. The summed E-state index contributed by atoms with van der Waals surface area (Å²) in [5.41, 5.74) is -0.220. The fourth-order valence-corrected chi connectivity index (χ4v) is 2.92. The van der Waals surface area contributed by atoms with E-state index in [1.807, 2.05) is 38.3 Å². The number of aryl methyl sites for hydroxylation is 1. The largest absolute Gasteiger partial charge is 0.444 e. The average Bonchev–Trinajstić information content (AvgIpc) is 2.75. The summed E-state index contributed by atoms with van der Waals surface area (Å²) in [6.07, 6.45) is 3.09. The zero-order valence-corrected chi connectivity index (χ0v) is 14.4. The van der Waals surface area contributed by atoms with E-state index in [0.29, 0.717) is 10.6 Å². The Bertz CT molecular complexity index is 773. The normalized spacial score (nSPS) is 17.2. The molecule has 2 aromatic rings. The number of aromatic nitrogens is 2. The lowest BCUT2D eigenvalue weighted by atomic mass is 9.87. The molecule has 0 atom stereocenters. The predicted molar refractivity (Wildman–Crippen MR) is 86.6 cm³/mol. The summed E-state index contributed by atoms with van der Waals surface area (Å²) in [4.78, 5) is 17.7. The number of amides is 1. The Morgan fingerprint density at radius 2 is 2.09 bits per heavy atom. The number of halogens is 1. The second-order valence-electron chi connectivity index (χ2n) is 7.01. The van der Waals surface area contributed by atoms with Crippen LogP contribution in [-0.4, -0.2) is 44.2 Å². The minimum Gasteiger partial charge on any atom is -0.444 e. The van der Waals surface area contributed by atoms with Crippen molar-refractivity contribution in [3.63, 3.8) is 0 Å². The van der Waals surface area contributed by atoms with Crippen LogP contribution in [0.15, 0.2) is 18.5 Å². The lowest BCUT2D eigenvalue weighted by molar-refractivity contribution is -0.103. The van der Waals surface area contributed by atoms with Crippen LogP contribution < -0.4 is 0 Å². The van der Waals surface area contributed by atoms with Gasteiger partial charge in [-0.15, -0.1) is 0 Å². The molecule has 1 saturated heterocycles. The van der Waals surface area contributed by atoms with Crippen molar-refractivity contribution in [3.05, 3.63) is 34.9 Å². The van der Waals surface area contributed by atoms with Gasteiger partial charge in [0.25, 0.3) is 0 Å². The molecule has 3 rings (SSSR count). The number of fused-ring (bicyclic) bond motifs is 1. The van der Waals surface area contributed by atoms with E-state index in [1.165, 1.54) is 4.90 Å². The van der Waals surface area contributed by atoms with E-state index in [-0.39, 0.29) is 13.1 Å². The van der Waals surface area contributed by atoms with Gasteiger partial charge in [0.2, 0.25) is 0 Å². The van der Waals surface area contributed by atoms with Crippen LogP contribution in [0.3, 0.4) is 0 Å². The third-order valence-corrected chi connectivity index (χ3v) is 4.17. The fraction of sp³-hybridized carbons (Fsp3) is 0.500. The van der Waals surface area contributed by atoms with Gasteiger partial charge in [0, 0.05) is 11.8 Å². The van der Waals surface area contributed by atoms with Crippen molar-refractivity contribution in [1.82, 2.24) is 14.3 Å². The molecule has 6 nitrogen and oxygen atoms in total. The molecule has 0 saturated carbocycles. The first kappa shape index (κ1) is 16.1. The van der Waals surface area contributed by atoms with Crippen LogP contribution in [0.1, 0.15) is 32.2 Å². The van der Waals surface area contributed by atoms with Gasteiger partial charge in [0.15, 0.2) is 0 Å². The van der Waals surface area contributed by atoms with Gasteiger partial charge >= 0.3 is 6.09 Å². The number of β-amino-alcohol motifs (C(OH)–C–C–N with tert-alkyl or cyclic N) is 1. The molecule has 0 aromatic carbocycles. The maximum Gasteiger partial charge on any atom is 0.410 e. The summed E-state index contributed by atoms with van der Waals surface area (Å²) < 4.78 is 7.15. The van der Waals surface area contributed by atoms with Crippen molar-refractivity contribution < 1.29 is 14.6 Å². The maximum atomic E-state index is 12.0. The van der Waals surface area contributed by atoms with E-state index in [4.69, 9.17) is 16.3 Å².